The molecule has 174 valence electrons. The Kier molecular flexibility index (Phi) is 6.60. The van der Waals surface area contributed by atoms with Crippen LogP contribution in [-0.2, 0) is 10.9 Å². The summed E-state index contributed by atoms with van der Waals surface area (Å²) in [5, 5.41) is 5.76. The molecule has 0 saturated heterocycles. The molecule has 0 bridgehead atoms. The number of aromatic nitrogens is 5. The summed E-state index contributed by atoms with van der Waals surface area (Å²) in [7, 11) is 1.18. The predicted octanol–water partition coefficient (Wildman–Crippen LogP) is 4.54. The standard InChI is InChI=1S/C20H21F3N8O2/c1-19(2,3)30-16-27-15(26-12-8-10-24-13(11-12)20(21,22)23)28-17(29-16)31(18(32)33-4)14-7-5-6-9-25-14/h5-11H,1-4H3,(H2,24,26,27,28,29,30). The van der Waals surface area contributed by atoms with E-state index >= 15 is 0 Å². The van der Waals surface area contributed by atoms with Crippen LogP contribution in [0.25, 0.3) is 0 Å². The fourth-order valence-electron chi connectivity index (χ4n) is 2.56. The van der Waals surface area contributed by atoms with Gasteiger partial charge in [0.2, 0.25) is 17.8 Å². The van der Waals surface area contributed by atoms with Crippen LogP contribution in [0.15, 0.2) is 42.7 Å². The van der Waals surface area contributed by atoms with Gasteiger partial charge < -0.3 is 15.4 Å². The van der Waals surface area contributed by atoms with Crippen LogP contribution in [0, 0.1) is 0 Å². The molecule has 0 aliphatic heterocycles. The van der Waals surface area contributed by atoms with E-state index in [0.717, 1.165) is 17.2 Å². The average molecular weight is 462 g/mol. The van der Waals surface area contributed by atoms with Crippen LogP contribution in [0.2, 0.25) is 0 Å². The highest BCUT2D eigenvalue weighted by Gasteiger charge is 2.32. The van der Waals surface area contributed by atoms with E-state index in [1.54, 1.807) is 18.2 Å². The van der Waals surface area contributed by atoms with E-state index in [0.29, 0.717) is 0 Å². The van der Waals surface area contributed by atoms with Crippen molar-refractivity contribution in [1.82, 2.24) is 24.9 Å². The number of methoxy groups -OCH3 is 1. The van der Waals surface area contributed by atoms with E-state index in [1.807, 2.05) is 20.8 Å². The summed E-state index contributed by atoms with van der Waals surface area (Å²) in [5.74, 6) is -0.0257. The van der Waals surface area contributed by atoms with Gasteiger partial charge in [0.05, 0.1) is 7.11 Å². The second kappa shape index (κ2) is 9.22. The van der Waals surface area contributed by atoms with Gasteiger partial charge in [-0.05, 0) is 45.0 Å². The third kappa shape index (κ3) is 6.24. The first-order chi connectivity index (χ1) is 15.5. The first kappa shape index (κ1) is 23.6. The molecule has 3 heterocycles. The van der Waals surface area contributed by atoms with Crippen molar-refractivity contribution in [2.24, 2.45) is 0 Å². The Morgan fingerprint density at radius 2 is 1.73 bits per heavy atom. The molecule has 0 aliphatic carbocycles. The molecule has 2 N–H and O–H groups in total. The Morgan fingerprint density at radius 3 is 2.33 bits per heavy atom. The molecule has 0 fully saturated rings. The maximum absolute atomic E-state index is 13.0. The first-order valence-corrected chi connectivity index (χ1v) is 9.60. The topological polar surface area (TPSA) is 118 Å². The molecule has 0 spiro atoms. The molecule has 0 aliphatic rings. The van der Waals surface area contributed by atoms with Crippen LogP contribution in [-0.4, -0.2) is 43.7 Å². The molecule has 13 heteroatoms. The van der Waals surface area contributed by atoms with Gasteiger partial charge in [-0.15, -0.1) is 0 Å². The second-order valence-corrected chi connectivity index (χ2v) is 7.70. The number of rotatable bonds is 5. The molecule has 1 amide bonds. The Labute approximate surface area is 187 Å². The number of alkyl halides is 3. The molecule has 3 aromatic rings. The lowest BCUT2D eigenvalue weighted by Gasteiger charge is -2.23. The first-order valence-electron chi connectivity index (χ1n) is 9.60. The summed E-state index contributed by atoms with van der Waals surface area (Å²) in [6.07, 6.45) is -2.97. The number of hydrogen-bond acceptors (Lipinski definition) is 9. The molecule has 0 unspecified atom stereocenters. The summed E-state index contributed by atoms with van der Waals surface area (Å²) in [6.45, 7) is 5.58. The number of nitrogens with one attached hydrogen (secondary N) is 2. The SMILES string of the molecule is COC(=O)N(c1ccccn1)c1nc(Nc2ccnc(C(F)(F)F)c2)nc(NC(C)(C)C)n1. The van der Waals surface area contributed by atoms with E-state index in [2.05, 4.69) is 35.6 Å². The van der Waals surface area contributed by atoms with Gasteiger partial charge in [0.15, 0.2) is 0 Å². The summed E-state index contributed by atoms with van der Waals surface area (Å²) < 4.78 is 44.0. The quantitative estimate of drug-likeness (QED) is 0.563. The van der Waals surface area contributed by atoms with Crippen molar-refractivity contribution in [3.05, 3.63) is 48.4 Å². The molecule has 0 saturated carbocycles. The van der Waals surface area contributed by atoms with E-state index in [4.69, 9.17) is 4.74 Å². The summed E-state index contributed by atoms with van der Waals surface area (Å²) in [5.41, 5.74) is -1.52. The van der Waals surface area contributed by atoms with Crippen LogP contribution in [0.5, 0.6) is 0 Å². The third-order valence-electron chi connectivity index (χ3n) is 3.85. The number of pyridine rings is 2. The Hall–Kier alpha value is -4.03. The van der Waals surface area contributed by atoms with Gasteiger partial charge in [-0.1, -0.05) is 6.07 Å². The summed E-state index contributed by atoms with van der Waals surface area (Å²) >= 11 is 0. The minimum atomic E-state index is -4.62. The van der Waals surface area contributed by atoms with Gasteiger partial charge in [-0.25, -0.2) is 9.78 Å². The van der Waals surface area contributed by atoms with Crippen molar-refractivity contribution in [2.45, 2.75) is 32.5 Å². The van der Waals surface area contributed by atoms with E-state index in [-0.39, 0.29) is 29.4 Å². The van der Waals surface area contributed by atoms with Gasteiger partial charge in [0.25, 0.3) is 0 Å². The molecular formula is C20H21F3N8O2. The van der Waals surface area contributed by atoms with Crippen molar-refractivity contribution in [2.75, 3.05) is 22.6 Å². The number of carbonyl (C=O) groups is 1. The average Bonchev–Trinajstić information content (AvgIpc) is 2.73. The number of amides is 1. The molecule has 3 rings (SSSR count). The normalized spacial score (nSPS) is 11.6. The van der Waals surface area contributed by atoms with Crippen molar-refractivity contribution in [1.29, 1.82) is 0 Å². The number of nitrogens with zero attached hydrogens (tertiary/aromatic N) is 6. The molecule has 33 heavy (non-hydrogen) atoms. The van der Waals surface area contributed by atoms with Crippen LogP contribution in [0.3, 0.4) is 0 Å². The van der Waals surface area contributed by atoms with Crippen LogP contribution >= 0.6 is 0 Å². The largest absolute Gasteiger partial charge is 0.452 e. The molecule has 3 aromatic heterocycles. The smallest absolute Gasteiger partial charge is 0.433 e. The molecule has 0 radical (unpaired) electrons. The number of hydrogen-bond donors (Lipinski definition) is 2. The number of anilines is 5. The van der Waals surface area contributed by atoms with E-state index < -0.39 is 23.5 Å². The number of halogens is 3. The van der Waals surface area contributed by atoms with Gasteiger partial charge in [0.1, 0.15) is 11.5 Å². The Morgan fingerprint density at radius 1 is 1.00 bits per heavy atom. The van der Waals surface area contributed by atoms with Crippen molar-refractivity contribution >= 4 is 35.4 Å². The second-order valence-electron chi connectivity index (χ2n) is 7.70. The predicted molar refractivity (Wildman–Crippen MR) is 115 cm³/mol. The van der Waals surface area contributed by atoms with Crippen LogP contribution < -0.4 is 15.5 Å². The van der Waals surface area contributed by atoms with Gasteiger partial charge in [-0.3, -0.25) is 4.98 Å². The lowest BCUT2D eigenvalue weighted by molar-refractivity contribution is -0.141. The number of ether oxygens (including phenoxy) is 1. The maximum Gasteiger partial charge on any atom is 0.433 e. The van der Waals surface area contributed by atoms with Gasteiger partial charge in [0, 0.05) is 23.6 Å². The minimum absolute atomic E-state index is 0.0404. The van der Waals surface area contributed by atoms with Gasteiger partial charge in [-0.2, -0.15) is 33.0 Å². The molecule has 10 nitrogen and oxygen atoms in total. The zero-order chi connectivity index (χ0) is 24.2. The highest BCUT2D eigenvalue weighted by atomic mass is 19.4. The van der Waals surface area contributed by atoms with Crippen molar-refractivity contribution in [3.8, 4) is 0 Å². The highest BCUT2D eigenvalue weighted by Crippen LogP contribution is 2.30. The zero-order valence-electron chi connectivity index (χ0n) is 18.2. The van der Waals surface area contributed by atoms with Crippen molar-refractivity contribution in [3.63, 3.8) is 0 Å². The van der Waals surface area contributed by atoms with Crippen LogP contribution in [0.4, 0.5) is 47.3 Å². The fraction of sp³-hybridized carbons (Fsp3) is 0.300. The fourth-order valence-corrected chi connectivity index (χ4v) is 2.56. The highest BCUT2D eigenvalue weighted by molar-refractivity contribution is 5.93. The van der Waals surface area contributed by atoms with Gasteiger partial charge >= 0.3 is 12.3 Å². The molecular weight excluding hydrogens is 441 g/mol. The summed E-state index contributed by atoms with van der Waals surface area (Å²) in [4.78, 5) is 33.7. The van der Waals surface area contributed by atoms with E-state index in [1.165, 1.54) is 19.4 Å². The Bertz CT molecular complexity index is 1120. The lowest BCUT2D eigenvalue weighted by atomic mass is 10.1. The minimum Gasteiger partial charge on any atom is -0.452 e. The van der Waals surface area contributed by atoms with E-state index in [9.17, 15) is 18.0 Å². The Balaban J connectivity index is 2.08. The maximum atomic E-state index is 13.0. The van der Waals surface area contributed by atoms with Crippen molar-refractivity contribution < 1.29 is 22.7 Å². The molecule has 0 aromatic carbocycles. The monoisotopic (exact) mass is 462 g/mol. The lowest BCUT2D eigenvalue weighted by Crippen LogP contribution is -2.31. The third-order valence-corrected chi connectivity index (χ3v) is 3.85. The van der Waals surface area contributed by atoms with Crippen LogP contribution in [0.1, 0.15) is 26.5 Å². The molecule has 0 atom stereocenters. The summed E-state index contributed by atoms with van der Waals surface area (Å²) in [6, 6.07) is 7.00. The number of carbonyl (C=O) groups excluding carboxylic acids is 1. The zero-order valence-corrected chi connectivity index (χ0v) is 18.2.